The molecule has 1 fully saturated rings. The third-order valence-corrected chi connectivity index (χ3v) is 6.32. The Morgan fingerprint density at radius 1 is 1.04 bits per heavy atom. The Hall–Kier alpha value is -2.25. The third kappa shape index (κ3) is 4.59. The molecule has 1 amide bonds. The second kappa shape index (κ2) is 8.41. The van der Waals surface area contributed by atoms with E-state index in [2.05, 4.69) is 4.90 Å². The smallest absolute Gasteiger partial charge is 0.246 e. The van der Waals surface area contributed by atoms with E-state index in [1.54, 1.807) is 36.1 Å². The van der Waals surface area contributed by atoms with E-state index < -0.39 is 16.1 Å². The zero-order chi connectivity index (χ0) is 20.3. The summed E-state index contributed by atoms with van der Waals surface area (Å²) in [5.74, 6) is -0.210. The van der Waals surface area contributed by atoms with Crippen molar-refractivity contribution < 1.29 is 13.2 Å². The number of carbonyl (C=O) groups excluding carboxylic acids is 1. The number of rotatable bonds is 5. The van der Waals surface area contributed by atoms with Gasteiger partial charge in [0.1, 0.15) is 6.04 Å². The first-order valence-electron chi connectivity index (χ1n) is 9.11. The van der Waals surface area contributed by atoms with E-state index in [1.165, 1.54) is 0 Å². The highest BCUT2D eigenvalue weighted by Gasteiger charge is 2.33. The van der Waals surface area contributed by atoms with Gasteiger partial charge in [0.05, 0.1) is 11.9 Å². The fourth-order valence-electron chi connectivity index (χ4n) is 3.50. The summed E-state index contributed by atoms with van der Waals surface area (Å²) in [6.07, 6.45) is 1.10. The van der Waals surface area contributed by atoms with E-state index >= 15 is 0 Å². The largest absolute Gasteiger partial charge is 0.368 e. The molecule has 1 saturated heterocycles. The fourth-order valence-corrected chi connectivity index (χ4v) is 4.85. The number of hydrogen-bond acceptors (Lipinski definition) is 4. The molecule has 0 spiro atoms. The third-order valence-electron chi connectivity index (χ3n) is 4.84. The van der Waals surface area contributed by atoms with Crippen molar-refractivity contribution in [2.75, 3.05) is 41.6 Å². The average Bonchev–Trinajstić information content (AvgIpc) is 2.67. The number of sulfonamides is 1. The predicted octanol–water partition coefficient (Wildman–Crippen LogP) is 2.84. The van der Waals surface area contributed by atoms with Gasteiger partial charge in [-0.2, -0.15) is 0 Å². The second-order valence-corrected chi connectivity index (χ2v) is 9.16. The van der Waals surface area contributed by atoms with Crippen molar-refractivity contribution in [2.24, 2.45) is 0 Å². The first-order valence-corrected chi connectivity index (χ1v) is 11.3. The van der Waals surface area contributed by atoms with E-state index in [0.717, 1.165) is 16.2 Å². The molecule has 0 N–H and O–H groups in total. The zero-order valence-electron chi connectivity index (χ0n) is 16.0. The zero-order valence-corrected chi connectivity index (χ0v) is 17.5. The summed E-state index contributed by atoms with van der Waals surface area (Å²) in [6.45, 7) is 4.13. The molecule has 6 nitrogen and oxygen atoms in total. The molecule has 150 valence electrons. The fraction of sp³-hybridized carbons (Fsp3) is 0.350. The number of para-hydroxylation sites is 1. The van der Waals surface area contributed by atoms with E-state index in [-0.39, 0.29) is 5.91 Å². The van der Waals surface area contributed by atoms with Crippen LogP contribution in [0.5, 0.6) is 0 Å². The van der Waals surface area contributed by atoms with Gasteiger partial charge in [-0.3, -0.25) is 9.10 Å². The molecule has 0 unspecified atom stereocenters. The maximum absolute atomic E-state index is 13.1. The molecule has 8 heteroatoms. The molecule has 0 radical (unpaired) electrons. The molecule has 28 heavy (non-hydrogen) atoms. The van der Waals surface area contributed by atoms with Crippen molar-refractivity contribution in [1.29, 1.82) is 0 Å². The molecular weight excluding hydrogens is 398 g/mol. The Balaban J connectivity index is 1.74. The Kier molecular flexibility index (Phi) is 6.15. The second-order valence-electron chi connectivity index (χ2n) is 6.86. The molecule has 0 aromatic heterocycles. The lowest BCUT2D eigenvalue weighted by Gasteiger charge is -2.39. The van der Waals surface area contributed by atoms with Crippen LogP contribution in [-0.4, -0.2) is 57.7 Å². The number of piperazine rings is 1. The van der Waals surface area contributed by atoms with Gasteiger partial charge in [-0.1, -0.05) is 35.9 Å². The minimum absolute atomic E-state index is 0.210. The molecule has 3 rings (SSSR count). The molecule has 2 aromatic rings. The van der Waals surface area contributed by atoms with Crippen LogP contribution in [0.1, 0.15) is 6.92 Å². The standard InChI is InChI=1S/C20H24ClN3O3S/c1-16(24(28(2,26)27)19-10-6-7-17(21)15-19)20(25)23-13-11-22(12-14-23)18-8-4-3-5-9-18/h3-10,15-16H,11-14H2,1-2H3/t16-/m1/s1. The minimum Gasteiger partial charge on any atom is -0.368 e. The number of anilines is 2. The maximum atomic E-state index is 13.1. The van der Waals surface area contributed by atoms with Crippen molar-refractivity contribution in [3.05, 3.63) is 59.6 Å². The average molecular weight is 422 g/mol. The summed E-state index contributed by atoms with van der Waals surface area (Å²) in [5.41, 5.74) is 1.51. The first kappa shape index (κ1) is 20.5. The molecule has 2 aromatic carbocycles. The van der Waals surface area contributed by atoms with Crippen molar-refractivity contribution in [2.45, 2.75) is 13.0 Å². The van der Waals surface area contributed by atoms with Crippen LogP contribution < -0.4 is 9.21 Å². The lowest BCUT2D eigenvalue weighted by Crippen LogP contribution is -2.55. The van der Waals surface area contributed by atoms with Gasteiger partial charge >= 0.3 is 0 Å². The topological polar surface area (TPSA) is 60.9 Å². The summed E-state index contributed by atoms with van der Waals surface area (Å²) in [6, 6.07) is 15.7. The van der Waals surface area contributed by atoms with Crippen LogP contribution in [-0.2, 0) is 14.8 Å². The Bertz CT molecular complexity index is 929. The number of benzene rings is 2. The quantitative estimate of drug-likeness (QED) is 0.744. The van der Waals surface area contributed by atoms with Crippen molar-refractivity contribution >= 4 is 38.9 Å². The minimum atomic E-state index is -3.65. The lowest BCUT2D eigenvalue weighted by molar-refractivity contribution is -0.132. The van der Waals surface area contributed by atoms with E-state index in [9.17, 15) is 13.2 Å². The van der Waals surface area contributed by atoms with Gasteiger partial charge in [0.2, 0.25) is 15.9 Å². The summed E-state index contributed by atoms with van der Waals surface area (Å²) in [5, 5.41) is 0.419. The number of carbonyl (C=O) groups is 1. The van der Waals surface area contributed by atoms with E-state index in [1.807, 2.05) is 30.3 Å². The summed E-state index contributed by atoms with van der Waals surface area (Å²) in [7, 11) is -3.65. The maximum Gasteiger partial charge on any atom is 0.246 e. The molecule has 1 aliphatic heterocycles. The summed E-state index contributed by atoms with van der Waals surface area (Å²) in [4.78, 5) is 17.0. The van der Waals surface area contributed by atoms with Gasteiger partial charge in [0, 0.05) is 36.9 Å². The molecule has 1 aliphatic rings. The molecule has 0 bridgehead atoms. The Morgan fingerprint density at radius 2 is 1.68 bits per heavy atom. The highest BCUT2D eigenvalue weighted by atomic mass is 35.5. The van der Waals surface area contributed by atoms with Crippen LogP contribution in [0.4, 0.5) is 11.4 Å². The van der Waals surface area contributed by atoms with Crippen molar-refractivity contribution in [1.82, 2.24) is 4.90 Å². The number of nitrogens with zero attached hydrogens (tertiary/aromatic N) is 3. The molecule has 1 atom stereocenters. The van der Waals surface area contributed by atoms with Crippen LogP contribution in [0.2, 0.25) is 5.02 Å². The summed E-state index contributed by atoms with van der Waals surface area (Å²) >= 11 is 6.02. The lowest BCUT2D eigenvalue weighted by atomic mass is 10.2. The molecule has 0 saturated carbocycles. The molecule has 0 aliphatic carbocycles. The predicted molar refractivity (Wildman–Crippen MR) is 113 cm³/mol. The van der Waals surface area contributed by atoms with Crippen LogP contribution in [0.15, 0.2) is 54.6 Å². The van der Waals surface area contributed by atoms with Gasteiger partial charge in [0.15, 0.2) is 0 Å². The summed E-state index contributed by atoms with van der Waals surface area (Å²) < 4.78 is 26.0. The number of halogens is 1. The SMILES string of the molecule is C[C@H](C(=O)N1CCN(c2ccccc2)CC1)N(c1cccc(Cl)c1)S(C)(=O)=O. The van der Waals surface area contributed by atoms with Crippen LogP contribution in [0, 0.1) is 0 Å². The van der Waals surface area contributed by atoms with Crippen LogP contribution in [0.25, 0.3) is 0 Å². The monoisotopic (exact) mass is 421 g/mol. The first-order chi connectivity index (χ1) is 13.3. The Labute approximate surface area is 171 Å². The van der Waals surface area contributed by atoms with Crippen molar-refractivity contribution in [3.8, 4) is 0 Å². The number of amides is 1. The normalized spacial score (nSPS) is 16.0. The highest BCUT2D eigenvalue weighted by Crippen LogP contribution is 2.25. The van der Waals surface area contributed by atoms with Gasteiger partial charge in [-0.25, -0.2) is 8.42 Å². The van der Waals surface area contributed by atoms with Crippen molar-refractivity contribution in [3.63, 3.8) is 0 Å². The highest BCUT2D eigenvalue weighted by molar-refractivity contribution is 7.92. The van der Waals surface area contributed by atoms with Crippen LogP contribution in [0.3, 0.4) is 0 Å². The van der Waals surface area contributed by atoms with Crippen LogP contribution >= 0.6 is 11.6 Å². The Morgan fingerprint density at radius 3 is 2.25 bits per heavy atom. The molecular formula is C20H24ClN3O3S. The van der Waals surface area contributed by atoms with Gasteiger partial charge in [-0.15, -0.1) is 0 Å². The molecule has 1 heterocycles. The van der Waals surface area contributed by atoms with Gasteiger partial charge in [-0.05, 0) is 37.3 Å². The number of hydrogen-bond donors (Lipinski definition) is 0. The van der Waals surface area contributed by atoms with Gasteiger partial charge < -0.3 is 9.80 Å². The van der Waals surface area contributed by atoms with E-state index in [4.69, 9.17) is 11.6 Å². The van der Waals surface area contributed by atoms with Gasteiger partial charge in [0.25, 0.3) is 0 Å². The van der Waals surface area contributed by atoms with E-state index in [0.29, 0.717) is 36.9 Å².